The van der Waals surface area contributed by atoms with E-state index in [0.717, 1.165) is 24.1 Å². The van der Waals surface area contributed by atoms with Crippen LogP contribution in [0.2, 0.25) is 0 Å². The molecule has 4 N–H and O–H groups in total. The van der Waals surface area contributed by atoms with Gasteiger partial charge in [-0.2, -0.15) is 0 Å². The van der Waals surface area contributed by atoms with E-state index in [0.29, 0.717) is 13.1 Å². The zero-order valence-electron chi connectivity index (χ0n) is 9.24. The Hall–Kier alpha value is -1.06. The van der Waals surface area contributed by atoms with Crippen molar-refractivity contribution in [1.82, 2.24) is 5.32 Å². The number of nitrogens with one attached hydrogen (secondary N) is 1. The number of hydrogen-bond donors (Lipinski definition) is 3. The smallest absolute Gasteiger partial charge is 0.0664 e. The highest BCUT2D eigenvalue weighted by atomic mass is 16.3. The fourth-order valence-electron chi connectivity index (χ4n) is 1.50. The third kappa shape index (κ3) is 4.32. The SMILES string of the molecule is CCCC(O)CNCc1ccccc1N. The molecule has 1 aromatic rings. The van der Waals surface area contributed by atoms with Crippen LogP contribution < -0.4 is 11.1 Å². The lowest BCUT2D eigenvalue weighted by atomic mass is 10.1. The number of nitrogens with two attached hydrogens (primary N) is 1. The Morgan fingerprint density at radius 2 is 2.13 bits per heavy atom. The van der Waals surface area contributed by atoms with E-state index in [1.54, 1.807) is 0 Å². The lowest BCUT2D eigenvalue weighted by molar-refractivity contribution is 0.160. The predicted molar refractivity (Wildman–Crippen MR) is 63.5 cm³/mol. The van der Waals surface area contributed by atoms with Gasteiger partial charge in [-0.1, -0.05) is 31.5 Å². The van der Waals surface area contributed by atoms with Gasteiger partial charge in [0.05, 0.1) is 6.10 Å². The first kappa shape index (κ1) is 12.0. The maximum Gasteiger partial charge on any atom is 0.0664 e. The van der Waals surface area contributed by atoms with Crippen molar-refractivity contribution >= 4 is 5.69 Å². The molecular weight excluding hydrogens is 188 g/mol. The summed E-state index contributed by atoms with van der Waals surface area (Å²) >= 11 is 0. The molecule has 0 aliphatic carbocycles. The third-order valence-corrected chi connectivity index (χ3v) is 2.37. The zero-order valence-corrected chi connectivity index (χ0v) is 9.24. The lowest BCUT2D eigenvalue weighted by Crippen LogP contribution is -2.26. The highest BCUT2D eigenvalue weighted by molar-refractivity contribution is 5.46. The summed E-state index contributed by atoms with van der Waals surface area (Å²) in [7, 11) is 0. The van der Waals surface area contributed by atoms with Crippen LogP contribution in [-0.2, 0) is 6.54 Å². The number of aliphatic hydroxyl groups excluding tert-OH is 1. The first-order chi connectivity index (χ1) is 7.24. The van der Waals surface area contributed by atoms with Gasteiger partial charge in [-0.05, 0) is 18.1 Å². The molecule has 0 amide bonds. The van der Waals surface area contributed by atoms with Crippen molar-refractivity contribution in [1.29, 1.82) is 0 Å². The van der Waals surface area contributed by atoms with Gasteiger partial charge in [-0.15, -0.1) is 0 Å². The summed E-state index contributed by atoms with van der Waals surface area (Å²) < 4.78 is 0. The minimum atomic E-state index is -0.250. The second-order valence-electron chi connectivity index (χ2n) is 3.77. The summed E-state index contributed by atoms with van der Waals surface area (Å²) in [6, 6.07) is 7.77. The van der Waals surface area contributed by atoms with Gasteiger partial charge in [0.2, 0.25) is 0 Å². The molecule has 15 heavy (non-hydrogen) atoms. The van der Waals surface area contributed by atoms with E-state index in [1.807, 2.05) is 24.3 Å². The molecule has 0 aromatic heterocycles. The zero-order chi connectivity index (χ0) is 11.1. The fourth-order valence-corrected chi connectivity index (χ4v) is 1.50. The molecule has 3 nitrogen and oxygen atoms in total. The first-order valence-corrected chi connectivity index (χ1v) is 5.46. The van der Waals surface area contributed by atoms with Crippen LogP contribution in [0.4, 0.5) is 5.69 Å². The van der Waals surface area contributed by atoms with Crippen LogP contribution in [0.5, 0.6) is 0 Å². The summed E-state index contributed by atoms with van der Waals surface area (Å²) in [5, 5.41) is 12.7. The molecular formula is C12H20N2O. The van der Waals surface area contributed by atoms with Crippen LogP contribution in [0, 0.1) is 0 Å². The van der Waals surface area contributed by atoms with Crippen molar-refractivity contribution in [3.05, 3.63) is 29.8 Å². The minimum Gasteiger partial charge on any atom is -0.398 e. The minimum absolute atomic E-state index is 0.250. The topological polar surface area (TPSA) is 58.3 Å². The van der Waals surface area contributed by atoms with Crippen molar-refractivity contribution < 1.29 is 5.11 Å². The number of rotatable bonds is 6. The molecule has 3 heteroatoms. The molecule has 0 bridgehead atoms. The molecule has 0 saturated carbocycles. The highest BCUT2D eigenvalue weighted by Gasteiger charge is 2.02. The van der Waals surface area contributed by atoms with Crippen LogP contribution >= 0.6 is 0 Å². The predicted octanol–water partition coefficient (Wildman–Crippen LogP) is 1.52. The molecule has 0 fully saturated rings. The molecule has 0 saturated heterocycles. The van der Waals surface area contributed by atoms with Gasteiger partial charge < -0.3 is 16.2 Å². The summed E-state index contributed by atoms with van der Waals surface area (Å²) in [6.45, 7) is 3.41. The van der Waals surface area contributed by atoms with Gasteiger partial charge in [0.1, 0.15) is 0 Å². The van der Waals surface area contributed by atoms with Crippen LogP contribution in [-0.4, -0.2) is 17.8 Å². The summed E-state index contributed by atoms with van der Waals surface area (Å²) in [5.41, 5.74) is 7.68. The number of anilines is 1. The maximum absolute atomic E-state index is 9.50. The van der Waals surface area contributed by atoms with Crippen molar-refractivity contribution in [2.24, 2.45) is 0 Å². The Morgan fingerprint density at radius 3 is 2.80 bits per heavy atom. The normalized spacial score (nSPS) is 12.7. The maximum atomic E-state index is 9.50. The Bertz CT molecular complexity index is 289. The molecule has 1 aromatic carbocycles. The monoisotopic (exact) mass is 208 g/mol. The van der Waals surface area contributed by atoms with E-state index in [-0.39, 0.29) is 6.10 Å². The number of aliphatic hydroxyl groups is 1. The van der Waals surface area contributed by atoms with Gasteiger partial charge in [0.15, 0.2) is 0 Å². The summed E-state index contributed by atoms with van der Waals surface area (Å²) in [5.74, 6) is 0. The number of benzene rings is 1. The van der Waals surface area contributed by atoms with Gasteiger partial charge >= 0.3 is 0 Å². The number of hydrogen-bond acceptors (Lipinski definition) is 3. The molecule has 0 heterocycles. The van der Waals surface area contributed by atoms with Crippen molar-refractivity contribution in [2.75, 3.05) is 12.3 Å². The molecule has 84 valence electrons. The average molecular weight is 208 g/mol. The van der Waals surface area contributed by atoms with Crippen molar-refractivity contribution in [3.63, 3.8) is 0 Å². The van der Waals surface area contributed by atoms with Crippen LogP contribution in [0.3, 0.4) is 0 Å². The Balaban J connectivity index is 2.29. The van der Waals surface area contributed by atoms with E-state index < -0.39 is 0 Å². The van der Waals surface area contributed by atoms with E-state index in [2.05, 4.69) is 12.2 Å². The second-order valence-corrected chi connectivity index (χ2v) is 3.77. The average Bonchev–Trinajstić information content (AvgIpc) is 2.21. The Morgan fingerprint density at radius 1 is 1.40 bits per heavy atom. The molecule has 0 spiro atoms. The van der Waals surface area contributed by atoms with Crippen LogP contribution in [0.1, 0.15) is 25.3 Å². The number of para-hydroxylation sites is 1. The van der Waals surface area contributed by atoms with Gasteiger partial charge in [-0.3, -0.25) is 0 Å². The second kappa shape index (κ2) is 6.43. The Kier molecular flexibility index (Phi) is 5.15. The van der Waals surface area contributed by atoms with E-state index >= 15 is 0 Å². The fraction of sp³-hybridized carbons (Fsp3) is 0.500. The standard InChI is InChI=1S/C12H20N2O/c1-2-5-11(15)9-14-8-10-6-3-4-7-12(10)13/h3-4,6-7,11,14-15H,2,5,8-9,13H2,1H3. The van der Waals surface area contributed by atoms with Crippen molar-refractivity contribution in [2.45, 2.75) is 32.4 Å². The molecule has 0 radical (unpaired) electrons. The van der Waals surface area contributed by atoms with Gasteiger partial charge in [0, 0.05) is 18.8 Å². The highest BCUT2D eigenvalue weighted by Crippen LogP contribution is 2.09. The first-order valence-electron chi connectivity index (χ1n) is 5.46. The largest absolute Gasteiger partial charge is 0.398 e. The molecule has 1 unspecified atom stereocenters. The Labute approximate surface area is 91.3 Å². The summed E-state index contributed by atoms with van der Waals surface area (Å²) in [6.07, 6.45) is 1.60. The molecule has 1 rings (SSSR count). The van der Waals surface area contributed by atoms with Crippen LogP contribution in [0.25, 0.3) is 0 Å². The third-order valence-electron chi connectivity index (χ3n) is 2.37. The van der Waals surface area contributed by atoms with E-state index in [9.17, 15) is 5.11 Å². The van der Waals surface area contributed by atoms with Crippen LogP contribution in [0.15, 0.2) is 24.3 Å². The van der Waals surface area contributed by atoms with Gasteiger partial charge in [-0.25, -0.2) is 0 Å². The van der Waals surface area contributed by atoms with E-state index in [4.69, 9.17) is 5.73 Å². The molecule has 0 aliphatic rings. The molecule has 0 aliphatic heterocycles. The van der Waals surface area contributed by atoms with E-state index in [1.165, 1.54) is 0 Å². The lowest BCUT2D eigenvalue weighted by Gasteiger charge is -2.11. The van der Waals surface area contributed by atoms with Crippen molar-refractivity contribution in [3.8, 4) is 0 Å². The quantitative estimate of drug-likeness (QED) is 0.621. The van der Waals surface area contributed by atoms with Gasteiger partial charge in [0.25, 0.3) is 0 Å². The number of nitrogen functional groups attached to an aromatic ring is 1. The summed E-state index contributed by atoms with van der Waals surface area (Å²) in [4.78, 5) is 0. The molecule has 1 atom stereocenters.